The molecule has 0 atom stereocenters. The number of rotatable bonds is 14. The highest BCUT2D eigenvalue weighted by molar-refractivity contribution is 7.89. The van der Waals surface area contributed by atoms with Gasteiger partial charge in [-0.25, -0.2) is 13.6 Å². The lowest BCUT2D eigenvalue weighted by atomic mass is 10.4. The summed E-state index contributed by atoms with van der Waals surface area (Å²) in [4.78, 5) is 5.91. The predicted octanol–water partition coefficient (Wildman–Crippen LogP) is -1.45. The van der Waals surface area contributed by atoms with Crippen LogP contribution in [0.1, 0.15) is 0 Å². The highest BCUT2D eigenvalue weighted by Gasteiger charge is 2.18. The summed E-state index contributed by atoms with van der Waals surface area (Å²) in [5.41, 5.74) is 0. The minimum absolute atomic E-state index is 0.219. The second kappa shape index (κ2) is 14.8. The van der Waals surface area contributed by atoms with E-state index >= 15 is 0 Å². The Morgan fingerprint density at radius 3 is 1.40 bits per heavy atom. The van der Waals surface area contributed by atoms with Gasteiger partial charge in [0.05, 0.1) is 19.8 Å². The average molecular weight is 502 g/mol. The largest absolute Gasteiger partial charge is 0.397 e. The molecule has 1 rings (SSSR count). The minimum atomic E-state index is -4.52. The molecule has 0 unspecified atom stereocenters. The van der Waals surface area contributed by atoms with Crippen molar-refractivity contribution < 1.29 is 53.1 Å². The molecule has 0 aromatic rings. The number of hydrogen-bond donors (Lipinski definition) is 3. The van der Waals surface area contributed by atoms with Gasteiger partial charge in [-0.3, -0.25) is 28.0 Å². The quantitative estimate of drug-likeness (QED) is 0.0824. The summed E-state index contributed by atoms with van der Waals surface area (Å²) < 4.78 is 78.1. The van der Waals surface area contributed by atoms with Gasteiger partial charge in [-0.15, -0.1) is 4.33 Å². The fraction of sp³-hybridized carbons (Fsp3) is 1.00. The van der Waals surface area contributed by atoms with Crippen molar-refractivity contribution in [3.05, 3.63) is 0 Å². The highest BCUT2D eigenvalue weighted by atomic mass is 32.3. The lowest BCUT2D eigenvalue weighted by Crippen LogP contribution is -2.39. The van der Waals surface area contributed by atoms with Gasteiger partial charge in [-0.2, -0.15) is 16.8 Å². The lowest BCUT2D eigenvalue weighted by Gasteiger charge is -2.25. The molecule has 3 N–H and O–H groups in total. The van der Waals surface area contributed by atoms with Crippen LogP contribution in [0, 0.1) is 0 Å². The van der Waals surface area contributed by atoms with Crippen molar-refractivity contribution in [1.29, 1.82) is 0 Å². The zero-order chi connectivity index (χ0) is 22.5. The first-order chi connectivity index (χ1) is 14.1. The number of hydrogen-bond acceptors (Lipinski definition) is 14. The lowest BCUT2D eigenvalue weighted by molar-refractivity contribution is -0.434. The topological polar surface area (TPSA) is 185 Å². The van der Waals surface area contributed by atoms with E-state index in [4.69, 9.17) is 18.5 Å². The third kappa shape index (κ3) is 15.6. The Morgan fingerprint density at radius 2 is 1.07 bits per heavy atom. The molecular weight excluding hydrogens is 474 g/mol. The molecule has 0 aromatic heterocycles. The van der Waals surface area contributed by atoms with Gasteiger partial charge in [0.2, 0.25) is 0 Å². The van der Waals surface area contributed by atoms with Crippen molar-refractivity contribution in [3.8, 4) is 0 Å². The zero-order valence-corrected chi connectivity index (χ0v) is 18.5. The maximum absolute atomic E-state index is 10.7. The molecule has 0 aromatic carbocycles. The molecule has 30 heavy (non-hydrogen) atoms. The molecule has 0 amide bonds. The van der Waals surface area contributed by atoms with Crippen molar-refractivity contribution in [2.45, 2.75) is 0 Å². The molecular formula is C12H27N3O12S3. The summed E-state index contributed by atoms with van der Waals surface area (Å²) in [5.74, 6) is 0. The Balaban J connectivity index is 2.59. The SMILES string of the molecule is O=S(=O)(O)OCCN1CCN(CCOSOOO)CCN(CCOS(=O)(=O)O)CC1. The van der Waals surface area contributed by atoms with Gasteiger partial charge in [-0.1, -0.05) is 5.04 Å². The van der Waals surface area contributed by atoms with Crippen LogP contribution in [0.5, 0.6) is 0 Å². The van der Waals surface area contributed by atoms with Crippen LogP contribution in [0.15, 0.2) is 0 Å². The van der Waals surface area contributed by atoms with E-state index in [-0.39, 0.29) is 32.9 Å². The number of nitrogens with zero attached hydrogens (tertiary/aromatic N) is 3. The highest BCUT2D eigenvalue weighted by Crippen LogP contribution is 2.06. The van der Waals surface area contributed by atoms with Crippen LogP contribution in [-0.2, 0) is 42.7 Å². The van der Waals surface area contributed by atoms with Crippen molar-refractivity contribution in [3.63, 3.8) is 0 Å². The van der Waals surface area contributed by atoms with E-state index in [1.54, 1.807) is 0 Å². The second-order valence-corrected chi connectivity index (χ2v) is 8.75. The van der Waals surface area contributed by atoms with Crippen molar-refractivity contribution in [2.24, 2.45) is 0 Å². The summed E-state index contributed by atoms with van der Waals surface area (Å²) in [6.07, 6.45) is 0. The zero-order valence-electron chi connectivity index (χ0n) is 16.1. The molecule has 0 spiro atoms. The van der Waals surface area contributed by atoms with E-state index in [1.807, 2.05) is 9.80 Å². The first-order valence-electron chi connectivity index (χ1n) is 8.76. The van der Waals surface area contributed by atoms with Gasteiger partial charge in [0.15, 0.2) is 12.3 Å². The molecule has 0 aliphatic carbocycles. The van der Waals surface area contributed by atoms with Crippen LogP contribution in [0.4, 0.5) is 0 Å². The van der Waals surface area contributed by atoms with Crippen LogP contribution in [0.2, 0.25) is 0 Å². The summed E-state index contributed by atoms with van der Waals surface area (Å²) >= 11 is 0.469. The summed E-state index contributed by atoms with van der Waals surface area (Å²) in [7, 11) is -9.04. The maximum atomic E-state index is 10.7. The molecule has 180 valence electrons. The Hall–Kier alpha value is -0.190. The van der Waals surface area contributed by atoms with Crippen molar-refractivity contribution >= 4 is 33.1 Å². The van der Waals surface area contributed by atoms with Crippen molar-refractivity contribution in [2.75, 3.05) is 78.7 Å². The summed E-state index contributed by atoms with van der Waals surface area (Å²) in [5, 5.41) is 11.4. The monoisotopic (exact) mass is 501 g/mol. The van der Waals surface area contributed by atoms with Gasteiger partial charge in [0.25, 0.3) is 0 Å². The molecule has 0 saturated carbocycles. The smallest absolute Gasteiger partial charge is 0.298 e. The normalized spacial score (nSPS) is 18.8. The van der Waals surface area contributed by atoms with Crippen LogP contribution in [-0.4, -0.2) is 125 Å². The molecule has 15 nitrogen and oxygen atoms in total. The Labute approximate surface area is 179 Å². The Morgan fingerprint density at radius 1 is 0.700 bits per heavy atom. The standard InChI is InChI=1S/C12H27N3O12S3/c16-26-27-28-23-10-7-13-1-3-14(8-11-24-29(17,18)19)5-6-15(4-2-13)9-12-25-30(20,21)22/h16H,1-12H2,(H,17,18,19)(H,20,21,22). The van der Waals surface area contributed by atoms with Gasteiger partial charge in [-0.05, 0) is 0 Å². The van der Waals surface area contributed by atoms with Gasteiger partial charge in [0, 0.05) is 58.9 Å². The van der Waals surface area contributed by atoms with Crippen LogP contribution >= 0.6 is 12.3 Å². The van der Waals surface area contributed by atoms with Crippen LogP contribution in [0.3, 0.4) is 0 Å². The first kappa shape index (κ1) is 27.8. The van der Waals surface area contributed by atoms with E-state index < -0.39 is 20.8 Å². The molecule has 1 aliphatic heterocycles. The third-order valence-corrected chi connectivity index (χ3v) is 5.38. The second-order valence-electron chi connectivity index (χ2n) is 6.06. The molecule has 1 heterocycles. The van der Waals surface area contributed by atoms with Gasteiger partial charge < -0.3 is 0 Å². The van der Waals surface area contributed by atoms with Gasteiger partial charge >= 0.3 is 20.8 Å². The average Bonchev–Trinajstić information content (AvgIpc) is 2.72. The van der Waals surface area contributed by atoms with E-state index in [0.717, 1.165) is 0 Å². The maximum Gasteiger partial charge on any atom is 0.397 e. The third-order valence-electron chi connectivity index (χ3n) is 4.07. The fourth-order valence-electron chi connectivity index (χ4n) is 2.63. The fourth-order valence-corrected chi connectivity index (χ4v) is 3.41. The molecule has 1 fully saturated rings. The van der Waals surface area contributed by atoms with Crippen molar-refractivity contribution in [1.82, 2.24) is 14.7 Å². The van der Waals surface area contributed by atoms with Crippen LogP contribution in [0.25, 0.3) is 0 Å². The van der Waals surface area contributed by atoms with E-state index in [0.29, 0.717) is 58.1 Å². The summed E-state index contributed by atoms with van der Waals surface area (Å²) in [6, 6.07) is 0. The van der Waals surface area contributed by atoms with Crippen LogP contribution < -0.4 is 0 Å². The van der Waals surface area contributed by atoms with E-state index in [2.05, 4.69) is 22.6 Å². The molecule has 1 saturated heterocycles. The molecule has 0 bridgehead atoms. The first-order valence-corrected chi connectivity index (χ1v) is 12.2. The Kier molecular flexibility index (Phi) is 13.7. The predicted molar refractivity (Wildman–Crippen MR) is 103 cm³/mol. The Bertz CT molecular complexity index is 615. The summed E-state index contributed by atoms with van der Waals surface area (Å²) in [6.45, 7) is 4.27. The van der Waals surface area contributed by atoms with E-state index in [1.165, 1.54) is 0 Å². The van der Waals surface area contributed by atoms with E-state index in [9.17, 15) is 16.8 Å². The molecule has 18 heteroatoms. The minimum Gasteiger partial charge on any atom is -0.298 e. The molecule has 1 aliphatic rings. The van der Waals surface area contributed by atoms with Gasteiger partial charge in [0.1, 0.15) is 0 Å². The molecule has 0 radical (unpaired) electrons.